The molecule has 1 aromatic heterocycles. The summed E-state index contributed by atoms with van der Waals surface area (Å²) in [6.07, 6.45) is 2.08. The van der Waals surface area contributed by atoms with Crippen LogP contribution in [0.15, 0.2) is 54.7 Å². The number of H-pyrrole nitrogens is 1. The van der Waals surface area contributed by atoms with Crippen molar-refractivity contribution in [3.8, 4) is 0 Å². The lowest BCUT2D eigenvalue weighted by atomic mass is 9.90. The van der Waals surface area contributed by atoms with Crippen molar-refractivity contribution in [2.45, 2.75) is 18.9 Å². The van der Waals surface area contributed by atoms with Crippen LogP contribution in [0.25, 0.3) is 10.9 Å². The maximum atomic E-state index is 11.9. The molecule has 1 heterocycles. The molecule has 5 nitrogen and oxygen atoms in total. The number of anilines is 1. The molecule has 3 rings (SSSR count). The third-order valence-corrected chi connectivity index (χ3v) is 5.08. The molecule has 27 heavy (non-hydrogen) atoms. The first-order valence-corrected chi connectivity index (χ1v) is 9.29. The summed E-state index contributed by atoms with van der Waals surface area (Å²) >= 11 is 0. The number of hydrogen-bond acceptors (Lipinski definition) is 3. The smallest absolute Gasteiger partial charge is 0.236 e. The highest BCUT2D eigenvalue weighted by atomic mass is 16.2. The SMILES string of the molecule is CNC(=O)[C@@H](C)NC[C@H](c1ccc(N(C)C)cc1)c1c[nH]c2ccccc12. The minimum Gasteiger partial charge on any atom is -0.378 e. The summed E-state index contributed by atoms with van der Waals surface area (Å²) in [6, 6.07) is 16.7. The van der Waals surface area contributed by atoms with Crippen LogP contribution in [0.2, 0.25) is 0 Å². The molecule has 3 N–H and O–H groups in total. The number of para-hydroxylation sites is 1. The number of amides is 1. The Morgan fingerprint density at radius 1 is 1.11 bits per heavy atom. The molecule has 0 fully saturated rings. The van der Waals surface area contributed by atoms with Gasteiger partial charge in [-0.25, -0.2) is 0 Å². The van der Waals surface area contributed by atoms with E-state index in [4.69, 9.17) is 0 Å². The van der Waals surface area contributed by atoms with E-state index in [1.54, 1.807) is 7.05 Å². The fourth-order valence-electron chi connectivity index (χ4n) is 3.40. The normalized spacial score (nSPS) is 13.3. The van der Waals surface area contributed by atoms with Crippen molar-refractivity contribution in [2.24, 2.45) is 0 Å². The Balaban J connectivity index is 1.94. The lowest BCUT2D eigenvalue weighted by molar-refractivity contribution is -0.122. The molecule has 142 valence electrons. The first-order valence-electron chi connectivity index (χ1n) is 9.29. The number of benzene rings is 2. The Labute approximate surface area is 160 Å². The van der Waals surface area contributed by atoms with Crippen LogP contribution in [0.3, 0.4) is 0 Å². The summed E-state index contributed by atoms with van der Waals surface area (Å²) in [6.45, 7) is 2.57. The molecule has 0 aliphatic rings. The summed E-state index contributed by atoms with van der Waals surface area (Å²) in [5, 5.41) is 7.30. The zero-order valence-corrected chi connectivity index (χ0v) is 16.4. The molecule has 0 bridgehead atoms. The molecule has 2 atom stereocenters. The van der Waals surface area contributed by atoms with Crippen LogP contribution in [-0.4, -0.2) is 44.6 Å². The molecular formula is C22H28N4O. The molecule has 0 radical (unpaired) electrons. The van der Waals surface area contributed by atoms with Gasteiger partial charge in [-0.15, -0.1) is 0 Å². The summed E-state index contributed by atoms with van der Waals surface area (Å²) in [4.78, 5) is 17.4. The molecule has 5 heteroatoms. The minimum atomic E-state index is -0.247. The third kappa shape index (κ3) is 4.14. The monoisotopic (exact) mass is 364 g/mol. The van der Waals surface area contributed by atoms with Crippen LogP contribution < -0.4 is 15.5 Å². The molecule has 0 spiro atoms. The van der Waals surface area contributed by atoms with E-state index in [9.17, 15) is 4.79 Å². The number of hydrogen-bond donors (Lipinski definition) is 3. The Morgan fingerprint density at radius 2 is 1.81 bits per heavy atom. The van der Waals surface area contributed by atoms with Gasteiger partial charge >= 0.3 is 0 Å². The topological polar surface area (TPSA) is 60.2 Å². The second-order valence-corrected chi connectivity index (χ2v) is 7.07. The number of carbonyl (C=O) groups is 1. The van der Waals surface area contributed by atoms with Crippen molar-refractivity contribution in [3.63, 3.8) is 0 Å². The summed E-state index contributed by atoms with van der Waals surface area (Å²) in [5.74, 6) is 0.139. The van der Waals surface area contributed by atoms with E-state index in [2.05, 4.69) is 69.2 Å². The fraction of sp³-hybridized carbons (Fsp3) is 0.318. The predicted octanol–water partition coefficient (Wildman–Crippen LogP) is 3.09. The van der Waals surface area contributed by atoms with E-state index in [0.29, 0.717) is 6.54 Å². The van der Waals surface area contributed by atoms with Gasteiger partial charge in [0.15, 0.2) is 0 Å². The van der Waals surface area contributed by atoms with Gasteiger partial charge in [0.05, 0.1) is 6.04 Å². The van der Waals surface area contributed by atoms with Gasteiger partial charge in [-0.05, 0) is 36.2 Å². The predicted molar refractivity (Wildman–Crippen MR) is 112 cm³/mol. The van der Waals surface area contributed by atoms with E-state index in [1.165, 1.54) is 22.2 Å². The van der Waals surface area contributed by atoms with E-state index in [-0.39, 0.29) is 17.9 Å². The largest absolute Gasteiger partial charge is 0.378 e. The van der Waals surface area contributed by atoms with Crippen LogP contribution in [0, 0.1) is 0 Å². The molecule has 3 aromatic rings. The number of aromatic nitrogens is 1. The van der Waals surface area contributed by atoms with E-state index >= 15 is 0 Å². The van der Waals surface area contributed by atoms with Gasteiger partial charge in [0.1, 0.15) is 0 Å². The van der Waals surface area contributed by atoms with Gasteiger partial charge in [0.25, 0.3) is 0 Å². The van der Waals surface area contributed by atoms with E-state index < -0.39 is 0 Å². The van der Waals surface area contributed by atoms with Crippen LogP contribution in [-0.2, 0) is 4.79 Å². The Morgan fingerprint density at radius 3 is 2.48 bits per heavy atom. The van der Waals surface area contributed by atoms with Gasteiger partial charge in [-0.1, -0.05) is 30.3 Å². The molecule has 1 amide bonds. The average molecular weight is 364 g/mol. The maximum Gasteiger partial charge on any atom is 0.236 e. The molecule has 0 aliphatic carbocycles. The summed E-state index contributed by atoms with van der Waals surface area (Å²) < 4.78 is 0. The zero-order chi connectivity index (χ0) is 19.4. The van der Waals surface area contributed by atoms with Crippen molar-refractivity contribution >= 4 is 22.5 Å². The number of nitrogens with zero attached hydrogens (tertiary/aromatic N) is 1. The van der Waals surface area contributed by atoms with Gasteiger partial charge in [-0.2, -0.15) is 0 Å². The highest BCUT2D eigenvalue weighted by Crippen LogP contribution is 2.31. The quantitative estimate of drug-likeness (QED) is 0.604. The van der Waals surface area contributed by atoms with Crippen molar-refractivity contribution in [1.82, 2.24) is 15.6 Å². The Bertz CT molecular complexity index is 898. The highest BCUT2D eigenvalue weighted by molar-refractivity contribution is 5.84. The number of nitrogens with one attached hydrogen (secondary N) is 3. The number of rotatable bonds is 7. The van der Waals surface area contributed by atoms with Crippen LogP contribution in [0.4, 0.5) is 5.69 Å². The van der Waals surface area contributed by atoms with Gasteiger partial charge in [0.2, 0.25) is 5.91 Å². The standard InChI is InChI=1S/C22H28N4O/c1-15(22(27)23-2)24-13-19(16-9-11-17(12-10-16)26(3)4)20-14-25-21-8-6-5-7-18(20)21/h5-12,14-15,19,24-25H,13H2,1-4H3,(H,23,27)/t15-,19-/m1/s1. The van der Waals surface area contributed by atoms with E-state index in [1.807, 2.05) is 27.1 Å². The molecular weight excluding hydrogens is 336 g/mol. The maximum absolute atomic E-state index is 11.9. The van der Waals surface area contributed by atoms with Gasteiger partial charge < -0.3 is 20.5 Å². The van der Waals surface area contributed by atoms with Gasteiger partial charge in [-0.3, -0.25) is 4.79 Å². The third-order valence-electron chi connectivity index (χ3n) is 5.08. The van der Waals surface area contributed by atoms with Crippen LogP contribution in [0.5, 0.6) is 0 Å². The first kappa shape index (κ1) is 19.0. The number of fused-ring (bicyclic) bond motifs is 1. The van der Waals surface area contributed by atoms with Crippen molar-refractivity contribution in [3.05, 3.63) is 65.9 Å². The lowest BCUT2D eigenvalue weighted by Crippen LogP contribution is -2.42. The number of likely N-dealkylation sites (N-methyl/N-ethyl adjacent to an activating group) is 1. The number of aromatic amines is 1. The fourth-order valence-corrected chi connectivity index (χ4v) is 3.40. The Kier molecular flexibility index (Phi) is 5.81. The second kappa shape index (κ2) is 8.27. The van der Waals surface area contributed by atoms with Crippen LogP contribution >= 0.6 is 0 Å². The molecule has 0 saturated heterocycles. The molecule has 0 unspecified atom stereocenters. The van der Waals surface area contributed by atoms with E-state index in [0.717, 1.165) is 5.52 Å². The number of carbonyl (C=O) groups excluding carboxylic acids is 1. The van der Waals surface area contributed by atoms with Gasteiger partial charge in [0, 0.05) is 56.4 Å². The zero-order valence-electron chi connectivity index (χ0n) is 16.4. The Hall–Kier alpha value is -2.79. The summed E-state index contributed by atoms with van der Waals surface area (Å²) in [5.41, 5.74) is 4.76. The molecule has 0 saturated carbocycles. The highest BCUT2D eigenvalue weighted by Gasteiger charge is 2.20. The van der Waals surface area contributed by atoms with Crippen molar-refractivity contribution < 1.29 is 4.79 Å². The minimum absolute atomic E-state index is 0.00404. The average Bonchev–Trinajstić information content (AvgIpc) is 3.11. The summed E-state index contributed by atoms with van der Waals surface area (Å²) in [7, 11) is 5.75. The lowest BCUT2D eigenvalue weighted by Gasteiger charge is -2.22. The van der Waals surface area contributed by atoms with Crippen LogP contribution in [0.1, 0.15) is 24.0 Å². The molecule has 0 aliphatic heterocycles. The van der Waals surface area contributed by atoms with Crippen molar-refractivity contribution in [1.29, 1.82) is 0 Å². The second-order valence-electron chi connectivity index (χ2n) is 7.07. The van der Waals surface area contributed by atoms with Crippen molar-refractivity contribution in [2.75, 3.05) is 32.6 Å². The molecule has 2 aromatic carbocycles. The first-order chi connectivity index (χ1) is 13.0.